The second kappa shape index (κ2) is 10.9. The SMILES string of the molecule is CC(C)(C)C1CCN(S(=O)(=O)c2ccc(-c3nnc(SCC(=O)Nc4ccc(Cl)cc4)o3)cc2)CC1. The third-order valence-electron chi connectivity index (χ3n) is 6.28. The molecule has 1 saturated heterocycles. The van der Waals surface area contributed by atoms with Crippen LogP contribution in [0.15, 0.2) is 63.1 Å². The highest BCUT2D eigenvalue weighted by atomic mass is 35.5. The lowest BCUT2D eigenvalue weighted by Crippen LogP contribution is -2.41. The second-order valence-electron chi connectivity index (χ2n) is 9.79. The van der Waals surface area contributed by atoms with Crippen LogP contribution in [0.25, 0.3) is 11.5 Å². The normalized spacial score (nSPS) is 15.7. The average Bonchev–Trinajstić information content (AvgIpc) is 3.33. The van der Waals surface area contributed by atoms with E-state index in [0.29, 0.717) is 35.3 Å². The van der Waals surface area contributed by atoms with E-state index in [0.717, 1.165) is 24.6 Å². The number of nitrogens with one attached hydrogen (secondary N) is 1. The monoisotopic (exact) mass is 548 g/mol. The Balaban J connectivity index is 1.34. The Morgan fingerprint density at radius 2 is 1.72 bits per heavy atom. The summed E-state index contributed by atoms with van der Waals surface area (Å²) >= 11 is 6.96. The first kappa shape index (κ1) is 26.7. The van der Waals surface area contributed by atoms with Gasteiger partial charge in [-0.25, -0.2) is 8.42 Å². The number of aromatic nitrogens is 2. The zero-order valence-electron chi connectivity index (χ0n) is 20.4. The number of sulfonamides is 1. The molecule has 2 aromatic carbocycles. The Labute approximate surface area is 220 Å². The van der Waals surface area contributed by atoms with Gasteiger partial charge in [0.2, 0.25) is 21.8 Å². The van der Waals surface area contributed by atoms with E-state index in [4.69, 9.17) is 16.0 Å². The summed E-state index contributed by atoms with van der Waals surface area (Å²) in [4.78, 5) is 12.4. The van der Waals surface area contributed by atoms with Crippen LogP contribution in [0.5, 0.6) is 0 Å². The van der Waals surface area contributed by atoms with Gasteiger partial charge in [0.25, 0.3) is 5.22 Å². The predicted octanol–water partition coefficient (Wildman–Crippen LogP) is 5.57. The minimum atomic E-state index is -3.56. The van der Waals surface area contributed by atoms with Crippen LogP contribution in [0.4, 0.5) is 5.69 Å². The molecule has 192 valence electrons. The van der Waals surface area contributed by atoms with Crippen molar-refractivity contribution in [3.05, 3.63) is 53.6 Å². The van der Waals surface area contributed by atoms with Gasteiger partial charge in [-0.2, -0.15) is 4.31 Å². The molecular weight excluding hydrogens is 520 g/mol. The molecule has 1 aliphatic heterocycles. The van der Waals surface area contributed by atoms with Crippen molar-refractivity contribution in [3.8, 4) is 11.5 Å². The van der Waals surface area contributed by atoms with Gasteiger partial charge in [-0.15, -0.1) is 10.2 Å². The highest BCUT2D eigenvalue weighted by Gasteiger charge is 2.34. The van der Waals surface area contributed by atoms with Crippen molar-refractivity contribution in [1.29, 1.82) is 0 Å². The molecule has 1 amide bonds. The van der Waals surface area contributed by atoms with Crippen LogP contribution in [-0.2, 0) is 14.8 Å². The van der Waals surface area contributed by atoms with Crippen molar-refractivity contribution in [2.75, 3.05) is 24.2 Å². The quantitative estimate of drug-likeness (QED) is 0.385. The van der Waals surface area contributed by atoms with Crippen molar-refractivity contribution >= 4 is 45.0 Å². The summed E-state index contributed by atoms with van der Waals surface area (Å²) in [5, 5.41) is 11.6. The molecule has 36 heavy (non-hydrogen) atoms. The number of benzene rings is 2. The lowest BCUT2D eigenvalue weighted by atomic mass is 9.76. The molecule has 11 heteroatoms. The molecule has 1 aliphatic rings. The maximum Gasteiger partial charge on any atom is 0.277 e. The van der Waals surface area contributed by atoms with Crippen LogP contribution >= 0.6 is 23.4 Å². The first-order valence-electron chi connectivity index (χ1n) is 11.6. The third-order valence-corrected chi connectivity index (χ3v) is 9.26. The molecule has 3 aromatic rings. The molecule has 1 N–H and O–H groups in total. The Kier molecular flexibility index (Phi) is 8.09. The minimum Gasteiger partial charge on any atom is -0.411 e. The summed E-state index contributed by atoms with van der Waals surface area (Å²) in [5.41, 5.74) is 1.43. The molecule has 2 heterocycles. The highest BCUT2D eigenvalue weighted by molar-refractivity contribution is 7.99. The lowest BCUT2D eigenvalue weighted by molar-refractivity contribution is -0.113. The van der Waals surface area contributed by atoms with Gasteiger partial charge in [-0.05, 0) is 72.7 Å². The zero-order valence-corrected chi connectivity index (χ0v) is 22.8. The number of rotatable bonds is 7. The number of amides is 1. The predicted molar refractivity (Wildman–Crippen MR) is 141 cm³/mol. The summed E-state index contributed by atoms with van der Waals surface area (Å²) in [5.74, 6) is 0.640. The fourth-order valence-electron chi connectivity index (χ4n) is 4.12. The van der Waals surface area contributed by atoms with Crippen LogP contribution in [-0.4, -0.2) is 47.7 Å². The van der Waals surface area contributed by atoms with E-state index in [1.807, 2.05) is 0 Å². The number of anilines is 1. The number of hydrogen-bond donors (Lipinski definition) is 1. The number of carbonyl (C=O) groups excluding carboxylic acids is 1. The number of thioether (sulfide) groups is 1. The molecular formula is C25H29ClN4O4S2. The van der Waals surface area contributed by atoms with E-state index in [2.05, 4.69) is 36.3 Å². The fraction of sp³-hybridized carbons (Fsp3) is 0.400. The smallest absolute Gasteiger partial charge is 0.277 e. The van der Waals surface area contributed by atoms with Crippen LogP contribution in [0.2, 0.25) is 5.02 Å². The van der Waals surface area contributed by atoms with E-state index >= 15 is 0 Å². The van der Waals surface area contributed by atoms with Gasteiger partial charge in [-0.1, -0.05) is 44.1 Å². The largest absolute Gasteiger partial charge is 0.411 e. The van der Waals surface area contributed by atoms with E-state index < -0.39 is 10.0 Å². The van der Waals surface area contributed by atoms with E-state index in [1.54, 1.807) is 52.8 Å². The van der Waals surface area contributed by atoms with Crippen molar-refractivity contribution in [1.82, 2.24) is 14.5 Å². The fourth-order valence-corrected chi connectivity index (χ4v) is 6.28. The molecule has 0 spiro atoms. The molecule has 1 aromatic heterocycles. The van der Waals surface area contributed by atoms with Gasteiger partial charge >= 0.3 is 0 Å². The summed E-state index contributed by atoms with van der Waals surface area (Å²) < 4.78 is 33.5. The number of nitrogens with zero attached hydrogens (tertiary/aromatic N) is 3. The van der Waals surface area contributed by atoms with Crippen molar-refractivity contribution in [2.45, 2.75) is 43.7 Å². The zero-order chi connectivity index (χ0) is 25.9. The van der Waals surface area contributed by atoms with Gasteiger partial charge in [0.05, 0.1) is 10.6 Å². The van der Waals surface area contributed by atoms with Crippen molar-refractivity contribution < 1.29 is 17.6 Å². The van der Waals surface area contributed by atoms with Crippen molar-refractivity contribution in [2.24, 2.45) is 11.3 Å². The summed E-state index contributed by atoms with van der Waals surface area (Å²) in [6.45, 7) is 7.68. The molecule has 0 unspecified atom stereocenters. The molecule has 0 radical (unpaired) electrons. The van der Waals surface area contributed by atoms with Gasteiger partial charge in [0.15, 0.2) is 0 Å². The third kappa shape index (κ3) is 6.47. The molecule has 0 saturated carbocycles. The topological polar surface area (TPSA) is 105 Å². The summed E-state index contributed by atoms with van der Waals surface area (Å²) in [7, 11) is -3.56. The van der Waals surface area contributed by atoms with Crippen LogP contribution in [0.1, 0.15) is 33.6 Å². The van der Waals surface area contributed by atoms with Crippen molar-refractivity contribution in [3.63, 3.8) is 0 Å². The van der Waals surface area contributed by atoms with Crippen LogP contribution < -0.4 is 5.32 Å². The molecule has 1 fully saturated rings. The Hall–Kier alpha value is -2.40. The highest BCUT2D eigenvalue weighted by Crippen LogP contribution is 2.36. The Bertz CT molecular complexity index is 1300. The summed E-state index contributed by atoms with van der Waals surface area (Å²) in [6, 6.07) is 13.3. The maximum absolute atomic E-state index is 13.1. The molecule has 0 atom stereocenters. The number of halogens is 1. The molecule has 8 nitrogen and oxygen atoms in total. The maximum atomic E-state index is 13.1. The summed E-state index contributed by atoms with van der Waals surface area (Å²) in [6.07, 6.45) is 1.72. The average molecular weight is 549 g/mol. The molecule has 0 bridgehead atoms. The van der Waals surface area contributed by atoms with Crippen LogP contribution in [0, 0.1) is 11.3 Å². The Morgan fingerprint density at radius 3 is 2.33 bits per heavy atom. The van der Waals surface area contributed by atoms with Gasteiger partial charge < -0.3 is 9.73 Å². The van der Waals surface area contributed by atoms with Gasteiger partial charge in [0, 0.05) is 29.4 Å². The lowest BCUT2D eigenvalue weighted by Gasteiger charge is -2.38. The van der Waals surface area contributed by atoms with E-state index in [1.165, 1.54) is 0 Å². The molecule has 4 rings (SSSR count). The van der Waals surface area contributed by atoms with Gasteiger partial charge in [0.1, 0.15) is 0 Å². The van der Waals surface area contributed by atoms with Gasteiger partial charge in [-0.3, -0.25) is 4.79 Å². The first-order valence-corrected chi connectivity index (χ1v) is 14.4. The van der Waals surface area contributed by atoms with E-state index in [9.17, 15) is 13.2 Å². The van der Waals surface area contributed by atoms with Crippen LogP contribution in [0.3, 0.4) is 0 Å². The Morgan fingerprint density at radius 1 is 1.08 bits per heavy atom. The number of piperidine rings is 1. The minimum absolute atomic E-state index is 0.0906. The van der Waals surface area contributed by atoms with E-state index in [-0.39, 0.29) is 33.1 Å². The first-order chi connectivity index (χ1) is 17.0. The number of hydrogen-bond acceptors (Lipinski definition) is 7. The second-order valence-corrected chi connectivity index (χ2v) is 13.1. The standard InChI is InChI=1S/C25H29ClN4O4S2/c1-25(2,3)18-12-14-30(15-13-18)36(32,33)21-10-4-17(5-11-21)23-28-29-24(34-23)35-16-22(31)27-20-8-6-19(26)7-9-20/h4-11,18H,12-16H2,1-3H3,(H,27,31). The molecule has 0 aliphatic carbocycles. The number of carbonyl (C=O) groups is 1.